The van der Waals surface area contributed by atoms with Gasteiger partial charge in [-0.1, -0.05) is 24.3 Å². The Labute approximate surface area is 170 Å². The highest BCUT2D eigenvalue weighted by Gasteiger charge is 2.46. The van der Waals surface area contributed by atoms with Crippen LogP contribution in [0, 0.1) is 3.57 Å². The third-order valence-corrected chi connectivity index (χ3v) is 5.67. The van der Waals surface area contributed by atoms with Gasteiger partial charge in [-0.05, 0) is 87.7 Å². The van der Waals surface area contributed by atoms with E-state index in [1.165, 1.54) is 9.13 Å². The Morgan fingerprint density at radius 2 is 1.88 bits per heavy atom. The molecule has 1 aromatic carbocycles. The maximum atomic E-state index is 12.7. The Hall–Kier alpha value is -1.08. The van der Waals surface area contributed by atoms with Gasteiger partial charge in [0.25, 0.3) is 0 Å². The quantitative estimate of drug-likeness (QED) is 0.449. The van der Waals surface area contributed by atoms with Crippen LogP contribution in [0.4, 0.5) is 4.79 Å². The van der Waals surface area contributed by atoms with Crippen LogP contribution in [0.15, 0.2) is 36.4 Å². The summed E-state index contributed by atoms with van der Waals surface area (Å²) in [6.45, 7) is 9.97. The molecule has 3 rings (SSSR count). The summed E-state index contributed by atoms with van der Waals surface area (Å²) in [5, 5.41) is 0. The van der Waals surface area contributed by atoms with Crippen LogP contribution in [0.5, 0.6) is 0 Å². The van der Waals surface area contributed by atoms with Crippen molar-refractivity contribution in [3.63, 3.8) is 0 Å². The third kappa shape index (κ3) is 4.25. The molecule has 1 aliphatic carbocycles. The molecule has 0 spiro atoms. The van der Waals surface area contributed by atoms with E-state index in [1.54, 1.807) is 4.90 Å². The van der Waals surface area contributed by atoms with E-state index in [2.05, 4.69) is 59.0 Å². The molecular weight excluding hydrogens is 441 g/mol. The molecule has 2 fully saturated rings. The molecule has 0 aromatic heterocycles. The third-order valence-electron chi connectivity index (χ3n) is 4.95. The molecule has 1 saturated carbocycles. The van der Waals surface area contributed by atoms with Crippen LogP contribution in [0.1, 0.15) is 53.0 Å². The van der Waals surface area contributed by atoms with Gasteiger partial charge in [-0.25, -0.2) is 4.79 Å². The fourth-order valence-electron chi connectivity index (χ4n) is 3.40. The van der Waals surface area contributed by atoms with Crippen molar-refractivity contribution in [1.82, 2.24) is 4.90 Å². The van der Waals surface area contributed by atoms with E-state index >= 15 is 0 Å². The highest BCUT2D eigenvalue weighted by molar-refractivity contribution is 14.1. The predicted molar refractivity (Wildman–Crippen MR) is 111 cm³/mol. The zero-order valence-electron chi connectivity index (χ0n) is 16.2. The van der Waals surface area contributed by atoms with Gasteiger partial charge >= 0.3 is 6.09 Å². The topological polar surface area (TPSA) is 38.8 Å². The van der Waals surface area contributed by atoms with Gasteiger partial charge in [0.05, 0.1) is 12.6 Å². The number of hydrogen-bond acceptors (Lipinski definition) is 3. The number of ether oxygens (including phenoxy) is 2. The molecule has 142 valence electrons. The summed E-state index contributed by atoms with van der Waals surface area (Å²) in [7, 11) is 0. The molecule has 1 amide bonds. The van der Waals surface area contributed by atoms with Crippen LogP contribution < -0.4 is 0 Å². The fourth-order valence-corrected chi connectivity index (χ4v) is 3.76. The molecule has 1 aliphatic heterocycles. The number of hydrogen-bond donors (Lipinski definition) is 0. The summed E-state index contributed by atoms with van der Waals surface area (Å²) in [5.41, 5.74) is 0.257. The maximum absolute atomic E-state index is 12.7. The van der Waals surface area contributed by atoms with Gasteiger partial charge in [-0.15, -0.1) is 0 Å². The number of carbonyl (C=O) groups is 1. The first kappa shape index (κ1) is 19.7. The van der Waals surface area contributed by atoms with Crippen LogP contribution in [0.25, 0.3) is 0 Å². The van der Waals surface area contributed by atoms with Gasteiger partial charge in [0.2, 0.25) is 0 Å². The number of amides is 1. The van der Waals surface area contributed by atoms with Gasteiger partial charge in [0.1, 0.15) is 11.3 Å². The molecule has 1 atom stereocenters. The average molecular weight is 469 g/mol. The molecular formula is C21H28INO3. The lowest BCUT2D eigenvalue weighted by Gasteiger charge is -2.34. The molecule has 4 nitrogen and oxygen atoms in total. The Kier molecular flexibility index (Phi) is 5.16. The number of benzene rings is 1. The van der Waals surface area contributed by atoms with Crippen LogP contribution in [0.3, 0.4) is 0 Å². The van der Waals surface area contributed by atoms with Crippen molar-refractivity contribution in [3.05, 3.63) is 45.6 Å². The first-order valence-corrected chi connectivity index (χ1v) is 10.2. The zero-order valence-corrected chi connectivity index (χ0v) is 18.4. The number of allylic oxidation sites excluding steroid dienone is 1. The van der Waals surface area contributed by atoms with E-state index in [1.807, 2.05) is 34.6 Å². The maximum Gasteiger partial charge on any atom is 0.413 e. The van der Waals surface area contributed by atoms with E-state index < -0.39 is 11.3 Å². The molecule has 1 heterocycles. The van der Waals surface area contributed by atoms with E-state index in [0.29, 0.717) is 6.61 Å². The van der Waals surface area contributed by atoms with E-state index in [4.69, 9.17) is 9.47 Å². The van der Waals surface area contributed by atoms with Crippen molar-refractivity contribution < 1.29 is 14.3 Å². The molecule has 0 bridgehead atoms. The second kappa shape index (κ2) is 6.82. The van der Waals surface area contributed by atoms with Crippen molar-refractivity contribution in [2.24, 2.45) is 0 Å². The van der Waals surface area contributed by atoms with E-state index in [0.717, 1.165) is 12.8 Å². The van der Waals surface area contributed by atoms with Gasteiger partial charge in [-0.3, -0.25) is 4.90 Å². The lowest BCUT2D eigenvalue weighted by molar-refractivity contribution is -0.0610. The standard InChI is InChI=1S/C21H28INO3/c1-19(2,3)26-18(24)23-17(14-25-20(23,4)5)10-11-21(12-13-21)15-6-8-16(22)9-7-15/h6-11,17H,12-14H2,1-5H3. The highest BCUT2D eigenvalue weighted by Crippen LogP contribution is 2.50. The number of rotatable bonds is 3. The first-order valence-electron chi connectivity index (χ1n) is 9.14. The van der Waals surface area contributed by atoms with Gasteiger partial charge in [0.15, 0.2) is 0 Å². The predicted octanol–water partition coefficient (Wildman–Crippen LogP) is 5.25. The Balaban J connectivity index is 1.78. The molecule has 1 unspecified atom stereocenters. The lowest BCUT2D eigenvalue weighted by Crippen LogP contribution is -2.49. The molecule has 1 aromatic rings. The average Bonchev–Trinajstić information content (AvgIpc) is 3.23. The second-order valence-corrected chi connectivity index (χ2v) is 9.94. The number of carbonyl (C=O) groups excluding carboxylic acids is 1. The summed E-state index contributed by atoms with van der Waals surface area (Å²) in [4.78, 5) is 14.4. The normalized spacial score (nSPS) is 24.1. The van der Waals surface area contributed by atoms with Crippen LogP contribution in [0.2, 0.25) is 0 Å². The smallest absolute Gasteiger partial charge is 0.413 e. The van der Waals surface area contributed by atoms with E-state index in [9.17, 15) is 4.79 Å². The van der Waals surface area contributed by atoms with Crippen molar-refractivity contribution in [1.29, 1.82) is 0 Å². The van der Waals surface area contributed by atoms with Gasteiger partial charge in [-0.2, -0.15) is 0 Å². The SMILES string of the molecule is CC(C)(C)OC(=O)N1C(C=CC2(c3ccc(I)cc3)CC2)COC1(C)C. The largest absolute Gasteiger partial charge is 0.444 e. The fraction of sp³-hybridized carbons (Fsp3) is 0.571. The Morgan fingerprint density at radius 3 is 2.42 bits per heavy atom. The molecule has 0 N–H and O–H groups in total. The summed E-state index contributed by atoms with van der Waals surface area (Å²) >= 11 is 2.33. The van der Waals surface area contributed by atoms with Crippen LogP contribution in [-0.2, 0) is 14.9 Å². The van der Waals surface area contributed by atoms with E-state index in [-0.39, 0.29) is 17.6 Å². The zero-order chi connectivity index (χ0) is 19.2. The monoisotopic (exact) mass is 469 g/mol. The van der Waals surface area contributed by atoms with Crippen molar-refractivity contribution in [2.75, 3.05) is 6.61 Å². The minimum absolute atomic E-state index is 0.108. The summed E-state index contributed by atoms with van der Waals surface area (Å²) in [6, 6.07) is 8.61. The van der Waals surface area contributed by atoms with Crippen LogP contribution in [-0.4, -0.2) is 35.0 Å². The van der Waals surface area contributed by atoms with Crippen LogP contribution >= 0.6 is 22.6 Å². The molecule has 5 heteroatoms. The Bertz CT molecular complexity index is 699. The minimum Gasteiger partial charge on any atom is -0.444 e. The molecule has 0 radical (unpaired) electrons. The van der Waals surface area contributed by atoms with Gasteiger partial charge < -0.3 is 9.47 Å². The number of nitrogens with zero attached hydrogens (tertiary/aromatic N) is 1. The first-order chi connectivity index (χ1) is 12.0. The van der Waals surface area contributed by atoms with Crippen molar-refractivity contribution in [2.45, 2.75) is 70.2 Å². The minimum atomic E-state index is -0.670. The molecule has 26 heavy (non-hydrogen) atoms. The molecule has 2 aliphatic rings. The molecule has 1 saturated heterocycles. The summed E-state index contributed by atoms with van der Waals surface area (Å²) in [6.07, 6.45) is 6.36. The highest BCUT2D eigenvalue weighted by atomic mass is 127. The lowest BCUT2D eigenvalue weighted by atomic mass is 9.95. The number of halogens is 1. The van der Waals surface area contributed by atoms with Crippen molar-refractivity contribution in [3.8, 4) is 0 Å². The second-order valence-electron chi connectivity index (χ2n) is 8.70. The van der Waals surface area contributed by atoms with Gasteiger partial charge in [0, 0.05) is 8.99 Å². The summed E-state index contributed by atoms with van der Waals surface area (Å²) < 4.78 is 12.7. The summed E-state index contributed by atoms with van der Waals surface area (Å²) in [5.74, 6) is 0. The Morgan fingerprint density at radius 1 is 1.27 bits per heavy atom. The van der Waals surface area contributed by atoms with Crippen molar-refractivity contribution >= 4 is 28.7 Å².